The summed E-state index contributed by atoms with van der Waals surface area (Å²) in [6.45, 7) is 2.14. The van der Waals surface area contributed by atoms with Gasteiger partial charge in [-0.15, -0.1) is 46.5 Å². The highest BCUT2D eigenvalue weighted by molar-refractivity contribution is 6.11. The molecule has 0 aromatic heterocycles. The number of fused-ring (bicyclic) bond motifs is 3. The van der Waals surface area contributed by atoms with Crippen molar-refractivity contribution in [3.05, 3.63) is 54.1 Å². The summed E-state index contributed by atoms with van der Waals surface area (Å²) in [6, 6.07) is 17.4. The molecule has 68 valence electrons. The Labute approximate surface area is 83.1 Å². The second-order valence-electron chi connectivity index (χ2n) is 3.82. The normalized spacial score (nSPS) is 11.2. The van der Waals surface area contributed by atoms with Crippen LogP contribution in [-0.4, -0.2) is 0 Å². The molecule has 0 aliphatic carbocycles. The Balaban J connectivity index is 2.57. The molecule has 0 heterocycles. The molecule has 0 amide bonds. The van der Waals surface area contributed by atoms with E-state index in [-0.39, 0.29) is 0 Å². The molecule has 0 spiro atoms. The molecule has 0 aliphatic heterocycles. The zero-order valence-electron chi connectivity index (χ0n) is 8.12. The van der Waals surface area contributed by atoms with E-state index in [9.17, 15) is 0 Å². The van der Waals surface area contributed by atoms with Gasteiger partial charge in [0.1, 0.15) is 0 Å². The molecule has 0 aliphatic rings. The Bertz CT molecular complexity index is 600. The van der Waals surface area contributed by atoms with Gasteiger partial charge in [0.2, 0.25) is 0 Å². The predicted octanol–water partition coefficient (Wildman–Crippen LogP) is 4.02. The van der Waals surface area contributed by atoms with E-state index in [2.05, 4.69) is 55.5 Å². The molecule has 0 atom stereocenters. The molecule has 0 saturated carbocycles. The van der Waals surface area contributed by atoms with E-state index in [1.807, 2.05) is 0 Å². The quantitative estimate of drug-likeness (QED) is 0.457. The number of aryl methyl sites for hydroxylation is 1. The SMILES string of the molecule is Cc1ccc2c(c1)c[c-]1ccccc21. The second-order valence-corrected chi connectivity index (χ2v) is 3.82. The first-order valence-electron chi connectivity index (χ1n) is 4.89. The van der Waals surface area contributed by atoms with E-state index in [0.29, 0.717) is 0 Å². The zero-order chi connectivity index (χ0) is 9.54. The molecule has 0 nitrogen and oxygen atoms in total. The summed E-state index contributed by atoms with van der Waals surface area (Å²) >= 11 is 0. The lowest BCUT2D eigenvalue weighted by Crippen LogP contribution is -1.69. The smallest absolute Gasteiger partial charge is 0.0404 e. The van der Waals surface area contributed by atoms with Gasteiger partial charge in [-0.2, -0.15) is 0 Å². The first-order chi connectivity index (χ1) is 6.84. The first-order valence-corrected chi connectivity index (χ1v) is 4.89. The fourth-order valence-electron chi connectivity index (χ4n) is 2.08. The number of rotatable bonds is 0. The van der Waals surface area contributed by atoms with Crippen molar-refractivity contribution in [2.24, 2.45) is 0 Å². The van der Waals surface area contributed by atoms with Crippen LogP contribution in [0, 0.1) is 6.92 Å². The van der Waals surface area contributed by atoms with E-state index < -0.39 is 0 Å². The molecule has 14 heavy (non-hydrogen) atoms. The highest BCUT2D eigenvalue weighted by Crippen LogP contribution is 2.28. The second kappa shape index (κ2) is 2.65. The molecule has 3 rings (SSSR count). The van der Waals surface area contributed by atoms with E-state index in [1.165, 1.54) is 27.1 Å². The van der Waals surface area contributed by atoms with Gasteiger partial charge in [-0.3, -0.25) is 0 Å². The molecule has 0 fully saturated rings. The van der Waals surface area contributed by atoms with Gasteiger partial charge >= 0.3 is 0 Å². The van der Waals surface area contributed by atoms with Gasteiger partial charge in [0.05, 0.1) is 0 Å². The summed E-state index contributed by atoms with van der Waals surface area (Å²) in [7, 11) is 0. The molecule has 0 saturated heterocycles. The average Bonchev–Trinajstić information content (AvgIpc) is 2.54. The van der Waals surface area contributed by atoms with Gasteiger partial charge in [-0.1, -0.05) is 29.1 Å². The molecular formula is C14H11-. The van der Waals surface area contributed by atoms with Crippen molar-refractivity contribution in [2.75, 3.05) is 0 Å². The Kier molecular flexibility index (Phi) is 1.45. The van der Waals surface area contributed by atoms with Crippen LogP contribution in [0.5, 0.6) is 0 Å². The molecule has 3 aromatic rings. The van der Waals surface area contributed by atoms with Crippen molar-refractivity contribution in [1.29, 1.82) is 0 Å². The van der Waals surface area contributed by atoms with Crippen LogP contribution in [0.25, 0.3) is 21.5 Å². The van der Waals surface area contributed by atoms with E-state index >= 15 is 0 Å². The van der Waals surface area contributed by atoms with Crippen LogP contribution < -0.4 is 0 Å². The van der Waals surface area contributed by atoms with Gasteiger partial charge in [0, 0.05) is 0 Å². The number of benzene rings is 2. The Morgan fingerprint density at radius 2 is 2.00 bits per heavy atom. The van der Waals surface area contributed by atoms with Crippen molar-refractivity contribution >= 4 is 21.5 Å². The molecule has 0 N–H and O–H groups in total. The maximum atomic E-state index is 2.26. The highest BCUT2D eigenvalue weighted by Gasteiger charge is 1.94. The van der Waals surface area contributed by atoms with Crippen molar-refractivity contribution in [3.63, 3.8) is 0 Å². The first kappa shape index (κ1) is 7.69. The lowest BCUT2D eigenvalue weighted by atomic mass is 10.1. The summed E-state index contributed by atoms with van der Waals surface area (Å²) in [5.41, 5.74) is 1.33. The minimum Gasteiger partial charge on any atom is -0.129 e. The third-order valence-electron chi connectivity index (χ3n) is 2.77. The van der Waals surface area contributed by atoms with E-state index in [0.717, 1.165) is 0 Å². The fraction of sp³-hybridized carbons (Fsp3) is 0.0714. The summed E-state index contributed by atoms with van der Waals surface area (Å²) in [5, 5.41) is 5.42. The third kappa shape index (κ3) is 0.973. The molecular weight excluding hydrogens is 168 g/mol. The van der Waals surface area contributed by atoms with E-state index in [4.69, 9.17) is 0 Å². The van der Waals surface area contributed by atoms with Crippen LogP contribution in [0.1, 0.15) is 5.56 Å². The summed E-state index contributed by atoms with van der Waals surface area (Å²) in [5.74, 6) is 0. The molecule has 0 bridgehead atoms. The maximum Gasteiger partial charge on any atom is -0.0404 e. The van der Waals surface area contributed by atoms with Gasteiger partial charge in [-0.05, 0) is 6.92 Å². The van der Waals surface area contributed by atoms with Crippen molar-refractivity contribution in [2.45, 2.75) is 6.92 Å². The van der Waals surface area contributed by atoms with Gasteiger partial charge in [0.15, 0.2) is 0 Å². The van der Waals surface area contributed by atoms with Crippen LogP contribution in [0.3, 0.4) is 0 Å². The van der Waals surface area contributed by atoms with Crippen LogP contribution in [0.15, 0.2) is 48.5 Å². The zero-order valence-corrected chi connectivity index (χ0v) is 8.12. The minimum absolute atomic E-state index is 1.33. The van der Waals surface area contributed by atoms with Crippen LogP contribution in [-0.2, 0) is 0 Å². The summed E-state index contributed by atoms with van der Waals surface area (Å²) in [4.78, 5) is 0. The number of hydrogen-bond donors (Lipinski definition) is 0. The van der Waals surface area contributed by atoms with Crippen molar-refractivity contribution in [3.8, 4) is 0 Å². The molecule has 0 heteroatoms. The van der Waals surface area contributed by atoms with Gasteiger partial charge < -0.3 is 0 Å². The minimum atomic E-state index is 1.33. The van der Waals surface area contributed by atoms with Crippen LogP contribution >= 0.6 is 0 Å². The molecule has 3 aromatic carbocycles. The predicted molar refractivity (Wildman–Crippen MR) is 61.8 cm³/mol. The van der Waals surface area contributed by atoms with Gasteiger partial charge in [0.25, 0.3) is 0 Å². The van der Waals surface area contributed by atoms with Crippen LogP contribution in [0.2, 0.25) is 0 Å². The topological polar surface area (TPSA) is 0 Å². The van der Waals surface area contributed by atoms with Crippen molar-refractivity contribution in [1.82, 2.24) is 0 Å². The van der Waals surface area contributed by atoms with E-state index in [1.54, 1.807) is 0 Å². The Hall–Kier alpha value is -1.69. The summed E-state index contributed by atoms with van der Waals surface area (Å²) in [6.07, 6.45) is 0. The number of hydrogen-bond acceptors (Lipinski definition) is 0. The third-order valence-corrected chi connectivity index (χ3v) is 2.77. The molecule has 0 radical (unpaired) electrons. The summed E-state index contributed by atoms with van der Waals surface area (Å²) < 4.78 is 0. The standard InChI is InChI=1S/C14H11/c1-10-6-7-14-12(8-10)9-11-4-2-3-5-13(11)14/h2-9H,1H3/q-1. The monoisotopic (exact) mass is 179 g/mol. The average molecular weight is 179 g/mol. The Morgan fingerprint density at radius 1 is 1.07 bits per heavy atom. The maximum absolute atomic E-state index is 2.26. The lowest BCUT2D eigenvalue weighted by molar-refractivity contribution is 1.51. The van der Waals surface area contributed by atoms with Crippen LogP contribution in [0.4, 0.5) is 0 Å². The van der Waals surface area contributed by atoms with Crippen molar-refractivity contribution < 1.29 is 0 Å². The fourth-order valence-corrected chi connectivity index (χ4v) is 2.08. The Morgan fingerprint density at radius 3 is 2.93 bits per heavy atom. The lowest BCUT2D eigenvalue weighted by Gasteiger charge is -1.99. The largest absolute Gasteiger partial charge is 0.129 e. The highest BCUT2D eigenvalue weighted by atomic mass is 14.1. The molecule has 0 unspecified atom stereocenters. The van der Waals surface area contributed by atoms with Gasteiger partial charge in [-0.25, -0.2) is 0 Å².